The van der Waals surface area contributed by atoms with Crippen LogP contribution in [0, 0.1) is 39.9 Å². The molecule has 3 fully saturated rings. The highest BCUT2D eigenvalue weighted by Crippen LogP contribution is 2.64. The van der Waals surface area contributed by atoms with Gasteiger partial charge in [-0.25, -0.2) is 0 Å². The second-order valence-electron chi connectivity index (χ2n) is 12.0. The summed E-state index contributed by atoms with van der Waals surface area (Å²) in [5, 5.41) is 6.92. The molecule has 4 heteroatoms. The quantitative estimate of drug-likeness (QED) is 0.736. The molecule has 4 rings (SSSR count). The number of allylic oxidation sites excluding steroid dienone is 2. The number of hydrogen-bond donors (Lipinski definition) is 2. The maximum Gasteiger partial charge on any atom is 0.223 e. The molecule has 3 aliphatic carbocycles. The third-order valence-corrected chi connectivity index (χ3v) is 9.09. The number of rotatable bonds is 3. The Hall–Kier alpha value is -1.32. The van der Waals surface area contributed by atoms with Gasteiger partial charge in [0.2, 0.25) is 5.91 Å². The smallest absolute Gasteiger partial charge is 0.223 e. The van der Waals surface area contributed by atoms with Gasteiger partial charge in [0, 0.05) is 42.6 Å². The fourth-order valence-electron chi connectivity index (χ4n) is 7.26. The fourth-order valence-corrected chi connectivity index (χ4v) is 7.26. The number of piperidine rings is 1. The second kappa shape index (κ2) is 7.13. The summed E-state index contributed by atoms with van der Waals surface area (Å²) in [6.07, 6.45) is 9.10. The van der Waals surface area contributed by atoms with E-state index in [4.69, 9.17) is 0 Å². The fraction of sp³-hybridized carbons (Fsp3) is 0.840. The Morgan fingerprint density at radius 1 is 1.17 bits per heavy atom. The summed E-state index contributed by atoms with van der Waals surface area (Å²) in [6.45, 7) is 13.2. The first-order chi connectivity index (χ1) is 13.5. The summed E-state index contributed by atoms with van der Waals surface area (Å²) in [7, 11) is 0. The molecule has 1 saturated heterocycles. The monoisotopic (exact) mass is 400 g/mol. The number of carbonyl (C=O) groups excluding carboxylic acids is 2. The van der Waals surface area contributed by atoms with Crippen LogP contribution >= 0.6 is 0 Å². The Labute approximate surface area is 176 Å². The van der Waals surface area contributed by atoms with Gasteiger partial charge in [-0.1, -0.05) is 34.6 Å². The predicted molar refractivity (Wildman–Crippen MR) is 116 cm³/mol. The van der Waals surface area contributed by atoms with Crippen molar-refractivity contribution in [2.45, 2.75) is 79.6 Å². The molecule has 0 unspecified atom stereocenters. The van der Waals surface area contributed by atoms with Crippen LogP contribution in [0.4, 0.5) is 0 Å². The van der Waals surface area contributed by atoms with Gasteiger partial charge in [0.15, 0.2) is 5.78 Å². The van der Waals surface area contributed by atoms with Gasteiger partial charge in [-0.05, 0) is 67.1 Å². The molecule has 2 saturated carbocycles. The van der Waals surface area contributed by atoms with Crippen LogP contribution in [0.1, 0.15) is 79.6 Å². The SMILES string of the molecule is CC(C)(C)CCNC(=O)[C@H]1CC[C@H]2[C@@H]3CNC4=CC(=O)CC[C@]4(C)[C@H]3CC[C@]12C. The van der Waals surface area contributed by atoms with E-state index >= 15 is 0 Å². The van der Waals surface area contributed by atoms with Crippen LogP contribution in [0.2, 0.25) is 0 Å². The topological polar surface area (TPSA) is 58.2 Å². The highest BCUT2D eigenvalue weighted by Gasteiger charge is 2.60. The minimum Gasteiger partial charge on any atom is -0.387 e. The second-order valence-corrected chi connectivity index (χ2v) is 12.0. The molecular weight excluding hydrogens is 360 g/mol. The van der Waals surface area contributed by atoms with Crippen LogP contribution < -0.4 is 10.6 Å². The van der Waals surface area contributed by atoms with Crippen molar-refractivity contribution in [1.29, 1.82) is 0 Å². The Kier molecular flexibility index (Phi) is 5.15. The van der Waals surface area contributed by atoms with E-state index in [1.807, 2.05) is 6.08 Å². The summed E-state index contributed by atoms with van der Waals surface area (Å²) in [5.74, 6) is 2.60. The Morgan fingerprint density at radius 2 is 1.93 bits per heavy atom. The summed E-state index contributed by atoms with van der Waals surface area (Å²) < 4.78 is 0. The van der Waals surface area contributed by atoms with Gasteiger partial charge in [-0.15, -0.1) is 0 Å². The zero-order valence-corrected chi connectivity index (χ0v) is 19.1. The largest absolute Gasteiger partial charge is 0.387 e. The van der Waals surface area contributed by atoms with Crippen molar-refractivity contribution in [3.05, 3.63) is 11.8 Å². The maximum atomic E-state index is 13.1. The van der Waals surface area contributed by atoms with Gasteiger partial charge in [-0.2, -0.15) is 0 Å². The van der Waals surface area contributed by atoms with E-state index in [1.54, 1.807) is 0 Å². The van der Waals surface area contributed by atoms with Crippen molar-refractivity contribution < 1.29 is 9.59 Å². The summed E-state index contributed by atoms with van der Waals surface area (Å²) in [4.78, 5) is 25.1. The van der Waals surface area contributed by atoms with Crippen molar-refractivity contribution in [3.63, 3.8) is 0 Å². The molecule has 0 aromatic rings. The van der Waals surface area contributed by atoms with E-state index in [1.165, 1.54) is 18.5 Å². The van der Waals surface area contributed by atoms with Crippen LogP contribution in [-0.2, 0) is 9.59 Å². The molecule has 1 heterocycles. The molecule has 1 aliphatic heterocycles. The number of hydrogen-bond acceptors (Lipinski definition) is 3. The molecule has 2 N–H and O–H groups in total. The lowest BCUT2D eigenvalue weighted by atomic mass is 9.50. The molecular formula is C25H40N2O2. The third kappa shape index (κ3) is 3.55. The molecule has 4 nitrogen and oxygen atoms in total. The average Bonchev–Trinajstić information content (AvgIpc) is 2.98. The van der Waals surface area contributed by atoms with Gasteiger partial charge in [0.05, 0.1) is 0 Å². The van der Waals surface area contributed by atoms with Gasteiger partial charge >= 0.3 is 0 Å². The van der Waals surface area contributed by atoms with Gasteiger partial charge in [-0.3, -0.25) is 9.59 Å². The van der Waals surface area contributed by atoms with Crippen LogP contribution in [0.15, 0.2) is 11.8 Å². The van der Waals surface area contributed by atoms with Gasteiger partial charge < -0.3 is 10.6 Å². The highest BCUT2D eigenvalue weighted by molar-refractivity contribution is 5.91. The van der Waals surface area contributed by atoms with E-state index in [0.29, 0.717) is 24.2 Å². The van der Waals surface area contributed by atoms with Crippen LogP contribution in [0.3, 0.4) is 0 Å². The third-order valence-electron chi connectivity index (χ3n) is 9.09. The lowest BCUT2D eigenvalue weighted by Gasteiger charge is -2.58. The zero-order chi connectivity index (χ0) is 21.0. The lowest BCUT2D eigenvalue weighted by Crippen LogP contribution is -2.57. The number of amides is 1. The average molecular weight is 401 g/mol. The molecule has 29 heavy (non-hydrogen) atoms. The first-order valence-corrected chi connectivity index (χ1v) is 11.8. The van der Waals surface area contributed by atoms with E-state index < -0.39 is 0 Å². The van der Waals surface area contributed by atoms with E-state index in [9.17, 15) is 9.59 Å². The highest BCUT2D eigenvalue weighted by atomic mass is 16.2. The summed E-state index contributed by atoms with van der Waals surface area (Å²) in [6, 6.07) is 0. The standard InChI is InChI=1S/C25H40N2O2/c1-23(2,3)12-13-26-22(29)20-7-6-18-17-15-27-21-14-16(28)8-10-25(21,5)19(17)9-11-24(18,20)4/h14,17-20,27H,6-13,15H2,1-5H3,(H,26,29)/t17-,18-,19-,20+,24-,25+/m0/s1. The molecule has 162 valence electrons. The van der Waals surface area contributed by atoms with E-state index in [2.05, 4.69) is 45.3 Å². The molecule has 0 spiro atoms. The van der Waals surface area contributed by atoms with Crippen molar-refractivity contribution >= 4 is 11.7 Å². The molecule has 0 aromatic carbocycles. The molecule has 0 bridgehead atoms. The van der Waals surface area contributed by atoms with Crippen molar-refractivity contribution in [2.75, 3.05) is 13.1 Å². The summed E-state index contributed by atoms with van der Waals surface area (Å²) in [5.41, 5.74) is 1.68. The van der Waals surface area contributed by atoms with Crippen molar-refractivity contribution in [1.82, 2.24) is 10.6 Å². The number of carbonyl (C=O) groups is 2. The summed E-state index contributed by atoms with van der Waals surface area (Å²) >= 11 is 0. The maximum absolute atomic E-state index is 13.1. The van der Waals surface area contributed by atoms with Gasteiger partial charge in [0.25, 0.3) is 0 Å². The first kappa shape index (κ1) is 20.9. The van der Waals surface area contributed by atoms with Crippen LogP contribution in [-0.4, -0.2) is 24.8 Å². The normalized spacial score (nSPS) is 41.6. The first-order valence-electron chi connectivity index (χ1n) is 11.8. The van der Waals surface area contributed by atoms with E-state index in [0.717, 1.165) is 38.8 Å². The number of fused-ring (bicyclic) bond motifs is 5. The van der Waals surface area contributed by atoms with Crippen LogP contribution in [0.5, 0.6) is 0 Å². The minimum absolute atomic E-state index is 0.116. The molecule has 1 amide bonds. The zero-order valence-electron chi connectivity index (χ0n) is 19.1. The molecule has 6 atom stereocenters. The number of nitrogens with one attached hydrogen (secondary N) is 2. The molecule has 0 aromatic heterocycles. The van der Waals surface area contributed by atoms with E-state index in [-0.39, 0.29) is 33.9 Å². The van der Waals surface area contributed by atoms with Crippen molar-refractivity contribution in [2.24, 2.45) is 39.9 Å². The Morgan fingerprint density at radius 3 is 2.66 bits per heavy atom. The minimum atomic E-state index is 0.116. The van der Waals surface area contributed by atoms with Crippen molar-refractivity contribution in [3.8, 4) is 0 Å². The molecule has 0 radical (unpaired) electrons. The van der Waals surface area contributed by atoms with Crippen LogP contribution in [0.25, 0.3) is 0 Å². The predicted octanol–water partition coefficient (Wildman–Crippen LogP) is 4.45. The number of ketones is 1. The lowest BCUT2D eigenvalue weighted by molar-refractivity contribution is -0.132. The van der Waals surface area contributed by atoms with Gasteiger partial charge in [0.1, 0.15) is 0 Å². The Balaban J connectivity index is 1.48. The molecule has 4 aliphatic rings. The Bertz CT molecular complexity index is 721.